The first-order valence-corrected chi connectivity index (χ1v) is 8.93. The summed E-state index contributed by atoms with van der Waals surface area (Å²) >= 11 is 0. The molecule has 2 aromatic rings. The molecule has 3 rings (SSSR count). The number of nitrogens with zero attached hydrogens (tertiary/aromatic N) is 5. The summed E-state index contributed by atoms with van der Waals surface area (Å²) in [5.41, 5.74) is 3.26. The number of aliphatic hydroxyl groups is 1. The highest BCUT2D eigenvalue weighted by atomic mass is 16.3. The fraction of sp³-hybridized carbons (Fsp3) is 0.667. The lowest BCUT2D eigenvalue weighted by atomic mass is 10.1. The van der Waals surface area contributed by atoms with Crippen molar-refractivity contribution in [2.75, 3.05) is 26.2 Å². The summed E-state index contributed by atoms with van der Waals surface area (Å²) in [7, 11) is 0. The van der Waals surface area contributed by atoms with Gasteiger partial charge in [-0.25, -0.2) is 9.97 Å². The van der Waals surface area contributed by atoms with Crippen molar-refractivity contribution in [2.24, 2.45) is 0 Å². The van der Waals surface area contributed by atoms with Crippen molar-refractivity contribution in [1.29, 1.82) is 0 Å². The molecular weight excluding hydrogens is 302 g/mol. The zero-order chi connectivity index (χ0) is 17.3. The molecule has 3 heterocycles. The molecule has 132 valence electrons. The molecule has 2 aromatic heterocycles. The maximum atomic E-state index is 9.67. The lowest BCUT2D eigenvalue weighted by molar-refractivity contribution is 0.0334. The van der Waals surface area contributed by atoms with Gasteiger partial charge < -0.3 is 5.11 Å². The number of imidazole rings is 1. The number of rotatable bonds is 5. The third-order valence-corrected chi connectivity index (χ3v) is 4.86. The van der Waals surface area contributed by atoms with E-state index in [2.05, 4.69) is 45.3 Å². The van der Waals surface area contributed by atoms with Crippen molar-refractivity contribution in [3.63, 3.8) is 0 Å². The molecule has 1 aliphatic rings. The van der Waals surface area contributed by atoms with Crippen molar-refractivity contribution >= 4 is 5.78 Å². The highest BCUT2D eigenvalue weighted by Crippen LogP contribution is 2.16. The first kappa shape index (κ1) is 17.3. The standard InChI is InChI=1S/C18H29N5O/c1-5-17-12-21(6-7-22(17)9-15(4)24)10-16-11-23-14(3)8-13(2)19-18(23)20-16/h8,11,15,17,24H,5-7,9-10,12H2,1-4H3. The molecule has 2 unspecified atom stereocenters. The van der Waals surface area contributed by atoms with Gasteiger partial charge >= 0.3 is 0 Å². The van der Waals surface area contributed by atoms with E-state index in [9.17, 15) is 5.11 Å². The molecule has 6 heteroatoms. The van der Waals surface area contributed by atoms with Crippen LogP contribution < -0.4 is 0 Å². The highest BCUT2D eigenvalue weighted by Gasteiger charge is 2.26. The van der Waals surface area contributed by atoms with Gasteiger partial charge in [0, 0.05) is 56.4 Å². The number of hydrogen-bond acceptors (Lipinski definition) is 5. The Labute approximate surface area is 144 Å². The molecule has 0 aliphatic carbocycles. The van der Waals surface area contributed by atoms with Crippen LogP contribution in [0.25, 0.3) is 5.78 Å². The Hall–Kier alpha value is -1.50. The molecule has 0 bridgehead atoms. The van der Waals surface area contributed by atoms with E-state index in [1.807, 2.05) is 13.8 Å². The molecule has 0 saturated carbocycles. The highest BCUT2D eigenvalue weighted by molar-refractivity contribution is 5.34. The Morgan fingerprint density at radius 1 is 1.29 bits per heavy atom. The molecule has 24 heavy (non-hydrogen) atoms. The van der Waals surface area contributed by atoms with Gasteiger partial charge in [0.2, 0.25) is 5.78 Å². The van der Waals surface area contributed by atoms with E-state index in [0.717, 1.165) is 56.3 Å². The minimum atomic E-state index is -0.263. The predicted molar refractivity (Wildman–Crippen MR) is 95.1 cm³/mol. The van der Waals surface area contributed by atoms with Gasteiger partial charge in [-0.05, 0) is 33.3 Å². The van der Waals surface area contributed by atoms with Crippen LogP contribution in [0.15, 0.2) is 12.3 Å². The largest absolute Gasteiger partial charge is 0.392 e. The minimum absolute atomic E-state index is 0.263. The summed E-state index contributed by atoms with van der Waals surface area (Å²) < 4.78 is 2.07. The summed E-state index contributed by atoms with van der Waals surface area (Å²) in [6.07, 6.45) is 2.95. The van der Waals surface area contributed by atoms with Crippen LogP contribution >= 0.6 is 0 Å². The van der Waals surface area contributed by atoms with Crippen LogP contribution in [0.2, 0.25) is 0 Å². The van der Waals surface area contributed by atoms with Gasteiger partial charge in [0.15, 0.2) is 0 Å². The lowest BCUT2D eigenvalue weighted by Crippen LogP contribution is -2.54. The predicted octanol–water partition coefficient (Wildman–Crippen LogP) is 1.62. The van der Waals surface area contributed by atoms with Crippen molar-refractivity contribution in [3.05, 3.63) is 29.3 Å². The Morgan fingerprint density at radius 2 is 2.08 bits per heavy atom. The molecule has 0 amide bonds. The monoisotopic (exact) mass is 331 g/mol. The quantitative estimate of drug-likeness (QED) is 0.902. The number of aliphatic hydroxyl groups excluding tert-OH is 1. The molecule has 1 fully saturated rings. The van der Waals surface area contributed by atoms with Gasteiger partial charge in [0.05, 0.1) is 11.8 Å². The van der Waals surface area contributed by atoms with Crippen LogP contribution in [0.3, 0.4) is 0 Å². The Morgan fingerprint density at radius 3 is 2.79 bits per heavy atom. The van der Waals surface area contributed by atoms with Crippen molar-refractivity contribution < 1.29 is 5.11 Å². The smallest absolute Gasteiger partial charge is 0.234 e. The van der Waals surface area contributed by atoms with Gasteiger partial charge in [-0.1, -0.05) is 6.92 Å². The van der Waals surface area contributed by atoms with Crippen LogP contribution in [0.5, 0.6) is 0 Å². The SMILES string of the molecule is CCC1CN(Cc2cn3c(C)cc(C)nc3n2)CCN1CC(C)O. The molecule has 0 radical (unpaired) electrons. The van der Waals surface area contributed by atoms with Gasteiger partial charge in [0.1, 0.15) is 0 Å². The lowest BCUT2D eigenvalue weighted by Gasteiger charge is -2.41. The normalized spacial score (nSPS) is 21.5. The van der Waals surface area contributed by atoms with Crippen LogP contribution in [-0.4, -0.2) is 67.6 Å². The number of β-amino-alcohol motifs (C(OH)–C–C–N with tert-alkyl or cyclic N) is 1. The third kappa shape index (κ3) is 3.77. The van der Waals surface area contributed by atoms with Crippen LogP contribution in [0, 0.1) is 13.8 Å². The molecule has 2 atom stereocenters. The van der Waals surface area contributed by atoms with E-state index in [1.165, 1.54) is 5.69 Å². The van der Waals surface area contributed by atoms with Gasteiger partial charge in [-0.3, -0.25) is 14.2 Å². The van der Waals surface area contributed by atoms with Gasteiger partial charge in [-0.2, -0.15) is 0 Å². The Balaban J connectivity index is 1.69. The van der Waals surface area contributed by atoms with E-state index >= 15 is 0 Å². The third-order valence-electron chi connectivity index (χ3n) is 4.86. The zero-order valence-corrected chi connectivity index (χ0v) is 15.2. The summed E-state index contributed by atoms with van der Waals surface area (Å²) in [4.78, 5) is 14.1. The number of aromatic nitrogens is 3. The number of aryl methyl sites for hydroxylation is 2. The zero-order valence-electron chi connectivity index (χ0n) is 15.2. The maximum absolute atomic E-state index is 9.67. The molecule has 0 spiro atoms. The van der Waals surface area contributed by atoms with E-state index in [4.69, 9.17) is 4.98 Å². The molecule has 1 saturated heterocycles. The fourth-order valence-corrected chi connectivity index (χ4v) is 3.69. The Kier molecular flexibility index (Phi) is 5.18. The molecule has 0 aromatic carbocycles. The summed E-state index contributed by atoms with van der Waals surface area (Å²) in [5.74, 6) is 0.794. The maximum Gasteiger partial charge on any atom is 0.234 e. The number of fused-ring (bicyclic) bond motifs is 1. The van der Waals surface area contributed by atoms with Gasteiger partial charge in [0.25, 0.3) is 0 Å². The van der Waals surface area contributed by atoms with Crippen molar-refractivity contribution in [3.8, 4) is 0 Å². The van der Waals surface area contributed by atoms with Crippen molar-refractivity contribution in [2.45, 2.75) is 52.8 Å². The second kappa shape index (κ2) is 7.17. The van der Waals surface area contributed by atoms with Crippen LogP contribution in [0.4, 0.5) is 0 Å². The average Bonchev–Trinajstić information content (AvgIpc) is 2.91. The average molecular weight is 331 g/mol. The van der Waals surface area contributed by atoms with Crippen LogP contribution in [0.1, 0.15) is 37.4 Å². The molecule has 1 N–H and O–H groups in total. The second-order valence-electron chi connectivity index (χ2n) is 7.08. The summed E-state index contributed by atoms with van der Waals surface area (Å²) in [6.45, 7) is 12.9. The summed E-state index contributed by atoms with van der Waals surface area (Å²) in [5, 5.41) is 9.67. The van der Waals surface area contributed by atoms with E-state index in [0.29, 0.717) is 6.04 Å². The second-order valence-corrected chi connectivity index (χ2v) is 7.08. The topological polar surface area (TPSA) is 56.9 Å². The molecule has 6 nitrogen and oxygen atoms in total. The van der Waals surface area contributed by atoms with E-state index < -0.39 is 0 Å². The molecular formula is C18H29N5O. The van der Waals surface area contributed by atoms with Crippen LogP contribution in [-0.2, 0) is 6.54 Å². The number of hydrogen-bond donors (Lipinski definition) is 1. The van der Waals surface area contributed by atoms with Crippen molar-refractivity contribution in [1.82, 2.24) is 24.2 Å². The van der Waals surface area contributed by atoms with E-state index in [1.54, 1.807) is 0 Å². The first-order chi connectivity index (χ1) is 11.5. The first-order valence-electron chi connectivity index (χ1n) is 8.93. The minimum Gasteiger partial charge on any atom is -0.392 e. The molecule has 1 aliphatic heterocycles. The van der Waals surface area contributed by atoms with Gasteiger partial charge in [-0.15, -0.1) is 0 Å². The fourth-order valence-electron chi connectivity index (χ4n) is 3.69. The number of piperazine rings is 1. The summed E-state index contributed by atoms with van der Waals surface area (Å²) in [6, 6.07) is 2.59. The Bertz CT molecular complexity index is 696. The van der Waals surface area contributed by atoms with E-state index in [-0.39, 0.29) is 6.10 Å².